The number of aromatic carboxylic acids is 1. The number of nitro benzene ring substituents is 2. The maximum atomic E-state index is 12.1. The van der Waals surface area contributed by atoms with Crippen LogP contribution in [0.1, 0.15) is 26.3 Å². The molecule has 2 aromatic carbocycles. The molecule has 10 nitrogen and oxygen atoms in total. The Labute approximate surface area is 139 Å². The minimum absolute atomic E-state index is 0.151. The average molecular weight is 346 g/mol. The average Bonchev–Trinajstić information content (AvgIpc) is 2.59. The van der Waals surface area contributed by atoms with Crippen molar-refractivity contribution < 1.29 is 29.3 Å². The largest absolute Gasteiger partial charge is 0.478 e. The number of hydrogen-bond acceptors (Lipinski definition) is 7. The van der Waals surface area contributed by atoms with Gasteiger partial charge in [0, 0.05) is 18.2 Å². The molecule has 0 saturated heterocycles. The Morgan fingerprint density at radius 2 is 1.64 bits per heavy atom. The van der Waals surface area contributed by atoms with E-state index >= 15 is 0 Å². The van der Waals surface area contributed by atoms with E-state index in [1.165, 1.54) is 24.3 Å². The van der Waals surface area contributed by atoms with Crippen LogP contribution in [0.2, 0.25) is 0 Å². The molecular weight excluding hydrogens is 336 g/mol. The molecule has 0 bridgehead atoms. The molecule has 10 heteroatoms. The lowest BCUT2D eigenvalue weighted by atomic mass is 10.1. The number of ether oxygens (including phenoxy) is 1. The van der Waals surface area contributed by atoms with Crippen LogP contribution in [0.25, 0.3) is 0 Å². The van der Waals surface area contributed by atoms with E-state index < -0.39 is 38.6 Å². The van der Waals surface area contributed by atoms with Crippen molar-refractivity contribution in [2.75, 3.05) is 0 Å². The van der Waals surface area contributed by atoms with Crippen LogP contribution < -0.4 is 0 Å². The number of esters is 1. The zero-order valence-corrected chi connectivity index (χ0v) is 12.4. The predicted octanol–water partition coefficient (Wildman–Crippen LogP) is 2.56. The van der Waals surface area contributed by atoms with Crippen molar-refractivity contribution in [3.63, 3.8) is 0 Å². The summed E-state index contributed by atoms with van der Waals surface area (Å²) in [6.07, 6.45) is 0. The number of benzene rings is 2. The Balaban J connectivity index is 2.24. The fourth-order valence-electron chi connectivity index (χ4n) is 2.02. The Hall–Kier alpha value is -3.82. The number of hydrogen-bond donors (Lipinski definition) is 1. The second-order valence-corrected chi connectivity index (χ2v) is 4.76. The molecule has 0 unspecified atom stereocenters. The smallest absolute Gasteiger partial charge is 0.346 e. The summed E-state index contributed by atoms with van der Waals surface area (Å²) >= 11 is 0. The second-order valence-electron chi connectivity index (χ2n) is 4.76. The highest BCUT2D eigenvalue weighted by Crippen LogP contribution is 2.24. The third kappa shape index (κ3) is 3.93. The van der Waals surface area contributed by atoms with Crippen LogP contribution in [0.3, 0.4) is 0 Å². The number of carbonyl (C=O) groups is 2. The molecule has 0 spiro atoms. The van der Waals surface area contributed by atoms with E-state index in [2.05, 4.69) is 0 Å². The summed E-state index contributed by atoms with van der Waals surface area (Å²) in [6.45, 7) is -0.331. The summed E-state index contributed by atoms with van der Waals surface area (Å²) in [4.78, 5) is 43.4. The molecule has 25 heavy (non-hydrogen) atoms. The standard InChI is InChI=1S/C15H10N2O8/c18-14(19)11-2-1-3-12(17(23)24)13(11)15(20)25-8-9-4-6-10(7-5-9)16(21)22/h1-7H,8H2,(H,18,19). The fraction of sp³-hybridized carbons (Fsp3) is 0.0667. The molecule has 1 N–H and O–H groups in total. The van der Waals surface area contributed by atoms with Crippen LogP contribution >= 0.6 is 0 Å². The van der Waals surface area contributed by atoms with E-state index in [1.54, 1.807) is 0 Å². The number of nitrogens with zero attached hydrogens (tertiary/aromatic N) is 2. The first-order chi connectivity index (χ1) is 11.8. The first-order valence-corrected chi connectivity index (χ1v) is 6.72. The van der Waals surface area contributed by atoms with Crippen molar-refractivity contribution in [2.45, 2.75) is 6.61 Å². The molecular formula is C15H10N2O8. The third-order valence-electron chi connectivity index (χ3n) is 3.19. The predicted molar refractivity (Wildman–Crippen MR) is 82.3 cm³/mol. The first kappa shape index (κ1) is 17.5. The Morgan fingerprint density at radius 1 is 1.00 bits per heavy atom. The number of carboxylic acid groups (broad SMARTS) is 1. The van der Waals surface area contributed by atoms with Crippen LogP contribution in [0, 0.1) is 20.2 Å². The lowest BCUT2D eigenvalue weighted by molar-refractivity contribution is -0.385. The van der Waals surface area contributed by atoms with Crippen molar-refractivity contribution >= 4 is 23.3 Å². The van der Waals surface area contributed by atoms with Crippen molar-refractivity contribution in [1.82, 2.24) is 0 Å². The molecule has 0 amide bonds. The van der Waals surface area contributed by atoms with E-state index in [4.69, 9.17) is 9.84 Å². The maximum Gasteiger partial charge on any atom is 0.346 e. The summed E-state index contributed by atoms with van der Waals surface area (Å²) in [6, 6.07) is 8.31. The summed E-state index contributed by atoms with van der Waals surface area (Å²) < 4.78 is 4.92. The van der Waals surface area contributed by atoms with Crippen LogP contribution in [-0.4, -0.2) is 26.9 Å². The lowest BCUT2D eigenvalue weighted by Crippen LogP contribution is -2.14. The van der Waals surface area contributed by atoms with Gasteiger partial charge in [0.1, 0.15) is 6.61 Å². The molecule has 0 aliphatic heterocycles. The topological polar surface area (TPSA) is 150 Å². The Kier molecular flexibility index (Phi) is 5.03. The maximum absolute atomic E-state index is 12.1. The lowest BCUT2D eigenvalue weighted by Gasteiger charge is -2.08. The van der Waals surface area contributed by atoms with E-state index in [0.717, 1.165) is 18.2 Å². The van der Waals surface area contributed by atoms with E-state index in [1.807, 2.05) is 0 Å². The van der Waals surface area contributed by atoms with Gasteiger partial charge >= 0.3 is 11.9 Å². The zero-order valence-electron chi connectivity index (χ0n) is 12.4. The summed E-state index contributed by atoms with van der Waals surface area (Å²) in [5, 5.41) is 30.7. The highest BCUT2D eigenvalue weighted by Gasteiger charge is 2.28. The van der Waals surface area contributed by atoms with Crippen molar-refractivity contribution in [2.24, 2.45) is 0 Å². The van der Waals surface area contributed by atoms with Crippen molar-refractivity contribution in [3.8, 4) is 0 Å². The normalized spacial score (nSPS) is 10.1. The highest BCUT2D eigenvalue weighted by molar-refractivity contribution is 6.05. The van der Waals surface area contributed by atoms with Gasteiger partial charge in [0.25, 0.3) is 11.4 Å². The number of nitro groups is 2. The van der Waals surface area contributed by atoms with Crippen LogP contribution in [0.4, 0.5) is 11.4 Å². The molecule has 0 radical (unpaired) electrons. The van der Waals surface area contributed by atoms with Gasteiger partial charge in [-0.15, -0.1) is 0 Å². The molecule has 0 saturated carbocycles. The molecule has 2 rings (SSSR count). The van der Waals surface area contributed by atoms with Gasteiger partial charge in [0.05, 0.1) is 15.4 Å². The first-order valence-electron chi connectivity index (χ1n) is 6.72. The molecule has 128 valence electrons. The van der Waals surface area contributed by atoms with Gasteiger partial charge in [-0.2, -0.15) is 0 Å². The van der Waals surface area contributed by atoms with Gasteiger partial charge in [-0.3, -0.25) is 20.2 Å². The van der Waals surface area contributed by atoms with Gasteiger partial charge in [0.15, 0.2) is 5.56 Å². The molecule has 0 heterocycles. The minimum Gasteiger partial charge on any atom is -0.478 e. The van der Waals surface area contributed by atoms with Crippen LogP contribution in [-0.2, 0) is 11.3 Å². The number of non-ortho nitro benzene ring substituents is 1. The minimum atomic E-state index is -1.51. The van der Waals surface area contributed by atoms with E-state index in [0.29, 0.717) is 5.56 Å². The fourth-order valence-corrected chi connectivity index (χ4v) is 2.02. The molecule has 0 aliphatic rings. The van der Waals surface area contributed by atoms with Gasteiger partial charge in [-0.1, -0.05) is 6.07 Å². The SMILES string of the molecule is O=C(O)c1cccc([N+](=O)[O-])c1C(=O)OCc1ccc([N+](=O)[O-])cc1. The third-order valence-corrected chi connectivity index (χ3v) is 3.19. The monoisotopic (exact) mass is 346 g/mol. The van der Waals surface area contributed by atoms with Crippen molar-refractivity contribution in [1.29, 1.82) is 0 Å². The van der Waals surface area contributed by atoms with Crippen LogP contribution in [0.15, 0.2) is 42.5 Å². The number of carbonyl (C=O) groups excluding carboxylic acids is 1. The number of rotatable bonds is 6. The van der Waals surface area contributed by atoms with Gasteiger partial charge < -0.3 is 9.84 Å². The van der Waals surface area contributed by atoms with Gasteiger partial charge in [-0.25, -0.2) is 9.59 Å². The van der Waals surface area contributed by atoms with E-state index in [-0.39, 0.29) is 12.3 Å². The second kappa shape index (κ2) is 7.17. The molecule has 0 aliphatic carbocycles. The molecule has 0 fully saturated rings. The van der Waals surface area contributed by atoms with Gasteiger partial charge in [0.2, 0.25) is 0 Å². The number of carboxylic acids is 1. The Morgan fingerprint density at radius 3 is 2.16 bits per heavy atom. The summed E-state index contributed by atoms with van der Waals surface area (Å²) in [5.74, 6) is -2.69. The summed E-state index contributed by atoms with van der Waals surface area (Å²) in [7, 11) is 0. The Bertz CT molecular complexity index is 828. The quantitative estimate of drug-likeness (QED) is 0.476. The summed E-state index contributed by atoms with van der Waals surface area (Å²) in [5.41, 5.74) is -1.66. The zero-order chi connectivity index (χ0) is 18.6. The van der Waals surface area contributed by atoms with Crippen molar-refractivity contribution in [3.05, 3.63) is 79.4 Å². The van der Waals surface area contributed by atoms with Crippen LogP contribution in [0.5, 0.6) is 0 Å². The molecule has 0 atom stereocenters. The molecule has 0 aromatic heterocycles. The van der Waals surface area contributed by atoms with Gasteiger partial charge in [-0.05, 0) is 23.8 Å². The molecule has 2 aromatic rings. The highest BCUT2D eigenvalue weighted by atomic mass is 16.6. The van der Waals surface area contributed by atoms with E-state index in [9.17, 15) is 29.8 Å².